The highest BCUT2D eigenvalue weighted by atomic mass is 35.5. The number of benzene rings is 2. The first-order valence-electron chi connectivity index (χ1n) is 8.02. The lowest BCUT2D eigenvalue weighted by Gasteiger charge is -2.06. The van der Waals surface area contributed by atoms with Crippen molar-refractivity contribution >= 4 is 51.7 Å². The number of rotatable bonds is 4. The lowest BCUT2D eigenvalue weighted by Crippen LogP contribution is -2.25. The summed E-state index contributed by atoms with van der Waals surface area (Å²) in [4.78, 5) is 16.7. The van der Waals surface area contributed by atoms with Crippen molar-refractivity contribution in [3.63, 3.8) is 0 Å². The standard InChI is InChI=1S/C19H18Cl2N2OS/c1-11(2)13-3-5-16(6-4-13)22-19-23-18(24)17(25-19)9-12-7-14(20)10-15(21)8-12/h3-8,10-11,17H,9H2,1-2H3,(H,22,23,24). The van der Waals surface area contributed by atoms with E-state index < -0.39 is 0 Å². The number of hydrogen-bond donors (Lipinski definition) is 1. The largest absolute Gasteiger partial charge is 0.304 e. The number of nitrogens with one attached hydrogen (secondary N) is 1. The molecule has 1 aliphatic heterocycles. The zero-order chi connectivity index (χ0) is 18.0. The predicted octanol–water partition coefficient (Wildman–Crippen LogP) is 5.58. The lowest BCUT2D eigenvalue weighted by molar-refractivity contribution is -0.118. The van der Waals surface area contributed by atoms with Crippen LogP contribution >= 0.6 is 35.0 Å². The summed E-state index contributed by atoms with van der Waals surface area (Å²) < 4.78 is 0. The molecule has 2 aromatic carbocycles. The number of amidine groups is 1. The summed E-state index contributed by atoms with van der Waals surface area (Å²) in [6.07, 6.45) is 0.558. The maximum atomic E-state index is 12.2. The molecule has 6 heteroatoms. The molecule has 3 rings (SSSR count). The second-order valence-electron chi connectivity index (χ2n) is 6.24. The van der Waals surface area contributed by atoms with E-state index in [0.29, 0.717) is 27.6 Å². The van der Waals surface area contributed by atoms with Gasteiger partial charge in [-0.05, 0) is 53.8 Å². The first kappa shape index (κ1) is 18.3. The van der Waals surface area contributed by atoms with Crippen molar-refractivity contribution in [1.82, 2.24) is 5.32 Å². The van der Waals surface area contributed by atoms with Gasteiger partial charge in [-0.25, -0.2) is 4.99 Å². The number of thioether (sulfide) groups is 1. The normalized spacial score (nSPS) is 18.8. The summed E-state index contributed by atoms with van der Waals surface area (Å²) in [7, 11) is 0. The Bertz CT molecular complexity index is 798. The van der Waals surface area contributed by atoms with Gasteiger partial charge < -0.3 is 5.32 Å². The molecule has 1 unspecified atom stereocenters. The van der Waals surface area contributed by atoms with Crippen molar-refractivity contribution in [2.45, 2.75) is 31.4 Å². The highest BCUT2D eigenvalue weighted by Gasteiger charge is 2.30. The van der Waals surface area contributed by atoms with Crippen molar-refractivity contribution in [3.8, 4) is 0 Å². The van der Waals surface area contributed by atoms with Gasteiger partial charge >= 0.3 is 0 Å². The van der Waals surface area contributed by atoms with Crippen LogP contribution in [0.2, 0.25) is 10.0 Å². The molecule has 0 radical (unpaired) electrons. The van der Waals surface area contributed by atoms with E-state index in [4.69, 9.17) is 23.2 Å². The molecule has 25 heavy (non-hydrogen) atoms. The van der Waals surface area contributed by atoms with E-state index in [2.05, 4.69) is 36.3 Å². The van der Waals surface area contributed by atoms with Crippen LogP contribution in [0.4, 0.5) is 5.69 Å². The highest BCUT2D eigenvalue weighted by Crippen LogP contribution is 2.28. The fourth-order valence-corrected chi connectivity index (χ4v) is 4.19. The molecular formula is C19H18Cl2N2OS. The minimum absolute atomic E-state index is 0.0429. The Morgan fingerprint density at radius 2 is 1.76 bits per heavy atom. The van der Waals surface area contributed by atoms with Crippen LogP contribution in [0, 0.1) is 0 Å². The van der Waals surface area contributed by atoms with Crippen molar-refractivity contribution in [2.75, 3.05) is 0 Å². The van der Waals surface area contributed by atoms with E-state index in [9.17, 15) is 4.79 Å². The smallest absolute Gasteiger partial charge is 0.239 e. The molecule has 1 saturated heterocycles. The number of carbonyl (C=O) groups excluding carboxylic acids is 1. The van der Waals surface area contributed by atoms with Gasteiger partial charge in [0.25, 0.3) is 0 Å². The van der Waals surface area contributed by atoms with Crippen molar-refractivity contribution < 1.29 is 4.79 Å². The molecule has 130 valence electrons. The SMILES string of the molecule is CC(C)c1ccc(N=C2NC(=O)C(Cc3cc(Cl)cc(Cl)c3)S2)cc1. The van der Waals surface area contributed by atoms with Crippen LogP contribution in [0.25, 0.3) is 0 Å². The summed E-state index contributed by atoms with van der Waals surface area (Å²) in [5.41, 5.74) is 3.04. The van der Waals surface area contributed by atoms with Gasteiger partial charge in [-0.3, -0.25) is 4.79 Å². The Balaban J connectivity index is 1.71. The number of aliphatic imine (C=N–C) groups is 1. The van der Waals surface area contributed by atoms with Gasteiger partial charge in [0, 0.05) is 10.0 Å². The Hall–Kier alpha value is -1.49. The number of hydrogen-bond acceptors (Lipinski definition) is 3. The second-order valence-corrected chi connectivity index (χ2v) is 8.31. The van der Waals surface area contributed by atoms with Crippen LogP contribution < -0.4 is 5.32 Å². The molecule has 0 aliphatic carbocycles. The number of carbonyl (C=O) groups is 1. The van der Waals surface area contributed by atoms with Gasteiger partial charge in [0.15, 0.2) is 5.17 Å². The highest BCUT2D eigenvalue weighted by molar-refractivity contribution is 8.15. The number of nitrogens with zero attached hydrogens (tertiary/aromatic N) is 1. The average molecular weight is 393 g/mol. The Labute approximate surface area is 161 Å². The topological polar surface area (TPSA) is 41.5 Å². The molecule has 1 amide bonds. The zero-order valence-electron chi connectivity index (χ0n) is 13.9. The Kier molecular flexibility index (Phi) is 5.72. The molecule has 1 atom stereocenters. The van der Waals surface area contributed by atoms with Crippen molar-refractivity contribution in [2.24, 2.45) is 4.99 Å². The van der Waals surface area contributed by atoms with Gasteiger partial charge in [0.05, 0.1) is 10.9 Å². The van der Waals surface area contributed by atoms with Gasteiger partial charge in [-0.1, -0.05) is 60.9 Å². The quantitative estimate of drug-likeness (QED) is 0.737. The third-order valence-corrected chi connectivity index (χ3v) is 5.43. The van der Waals surface area contributed by atoms with Crippen LogP contribution in [0.1, 0.15) is 30.9 Å². The third kappa shape index (κ3) is 4.78. The van der Waals surface area contributed by atoms with E-state index in [1.54, 1.807) is 6.07 Å². The molecule has 1 fully saturated rings. The number of halogens is 2. The molecule has 0 bridgehead atoms. The van der Waals surface area contributed by atoms with Crippen LogP contribution in [0.5, 0.6) is 0 Å². The summed E-state index contributed by atoms with van der Waals surface area (Å²) >= 11 is 13.5. The first-order valence-corrected chi connectivity index (χ1v) is 9.65. The van der Waals surface area contributed by atoms with Gasteiger partial charge in [-0.2, -0.15) is 0 Å². The molecule has 3 nitrogen and oxygen atoms in total. The maximum Gasteiger partial charge on any atom is 0.239 e. The second kappa shape index (κ2) is 7.81. The summed E-state index contributed by atoms with van der Waals surface area (Å²) in [5, 5.41) is 4.39. The van der Waals surface area contributed by atoms with E-state index in [1.807, 2.05) is 24.3 Å². The van der Waals surface area contributed by atoms with Gasteiger partial charge in [0.2, 0.25) is 5.91 Å². The van der Waals surface area contributed by atoms with Crippen LogP contribution in [0.3, 0.4) is 0 Å². The van der Waals surface area contributed by atoms with E-state index in [-0.39, 0.29) is 11.2 Å². The van der Waals surface area contributed by atoms with Gasteiger partial charge in [0.1, 0.15) is 0 Å². The summed E-state index contributed by atoms with van der Waals surface area (Å²) in [6.45, 7) is 4.31. The first-order chi connectivity index (χ1) is 11.9. The molecule has 0 aromatic heterocycles. The molecular weight excluding hydrogens is 375 g/mol. The number of amides is 1. The molecule has 0 spiro atoms. The summed E-state index contributed by atoms with van der Waals surface area (Å²) in [5.74, 6) is 0.440. The Morgan fingerprint density at radius 1 is 1.12 bits per heavy atom. The fraction of sp³-hybridized carbons (Fsp3) is 0.263. The minimum Gasteiger partial charge on any atom is -0.304 e. The van der Waals surface area contributed by atoms with E-state index in [1.165, 1.54) is 17.3 Å². The van der Waals surface area contributed by atoms with E-state index >= 15 is 0 Å². The fourth-order valence-electron chi connectivity index (χ4n) is 2.59. The van der Waals surface area contributed by atoms with Crippen molar-refractivity contribution in [3.05, 3.63) is 63.6 Å². The molecule has 1 N–H and O–H groups in total. The van der Waals surface area contributed by atoms with E-state index in [0.717, 1.165) is 11.3 Å². The summed E-state index contributed by atoms with van der Waals surface area (Å²) in [6, 6.07) is 13.4. The van der Waals surface area contributed by atoms with Crippen LogP contribution in [-0.4, -0.2) is 16.3 Å². The third-order valence-electron chi connectivity index (χ3n) is 3.91. The zero-order valence-corrected chi connectivity index (χ0v) is 16.3. The maximum absolute atomic E-state index is 12.2. The molecule has 0 saturated carbocycles. The molecule has 1 heterocycles. The minimum atomic E-state index is -0.233. The molecule has 2 aromatic rings. The molecule has 1 aliphatic rings. The monoisotopic (exact) mass is 392 g/mol. The average Bonchev–Trinajstić information content (AvgIpc) is 2.86. The van der Waals surface area contributed by atoms with Crippen LogP contribution in [-0.2, 0) is 11.2 Å². The lowest BCUT2D eigenvalue weighted by atomic mass is 10.0. The van der Waals surface area contributed by atoms with Crippen molar-refractivity contribution in [1.29, 1.82) is 0 Å². The van der Waals surface area contributed by atoms with Gasteiger partial charge in [-0.15, -0.1) is 0 Å². The predicted molar refractivity (Wildman–Crippen MR) is 107 cm³/mol. The Morgan fingerprint density at radius 3 is 2.36 bits per heavy atom. The van der Waals surface area contributed by atoms with Crippen LogP contribution in [0.15, 0.2) is 47.5 Å².